The number of aromatic nitrogens is 2. The van der Waals surface area contributed by atoms with Gasteiger partial charge in [0.2, 0.25) is 0 Å². The van der Waals surface area contributed by atoms with Gasteiger partial charge in [-0.25, -0.2) is 15.0 Å². The molecule has 0 bridgehead atoms. The van der Waals surface area contributed by atoms with Crippen LogP contribution in [0.15, 0.2) is 24.4 Å². The van der Waals surface area contributed by atoms with E-state index < -0.39 is 23.3 Å². The molecule has 0 spiro atoms. The lowest BCUT2D eigenvalue weighted by Gasteiger charge is -2.17. The van der Waals surface area contributed by atoms with Crippen LogP contribution < -0.4 is 0 Å². The molecule has 0 fully saturated rings. The molecule has 0 saturated carbocycles. The Bertz CT molecular complexity index is 658. The van der Waals surface area contributed by atoms with E-state index in [1.165, 1.54) is 26.4 Å². The highest BCUT2D eigenvalue weighted by Crippen LogP contribution is 2.32. The summed E-state index contributed by atoms with van der Waals surface area (Å²) in [4.78, 5) is 23.7. The van der Waals surface area contributed by atoms with Gasteiger partial charge in [-0.3, -0.25) is 9.63 Å². The van der Waals surface area contributed by atoms with Crippen molar-refractivity contribution in [2.24, 2.45) is 0 Å². The molecule has 20 heavy (non-hydrogen) atoms. The summed E-state index contributed by atoms with van der Waals surface area (Å²) < 4.78 is 39.0. The van der Waals surface area contributed by atoms with Crippen LogP contribution in [0.4, 0.5) is 13.2 Å². The smallest absolute Gasteiger partial charge is 0.274 e. The quantitative estimate of drug-likeness (QED) is 0.794. The highest BCUT2D eigenvalue weighted by molar-refractivity contribution is 5.97. The Labute approximate surface area is 111 Å². The van der Waals surface area contributed by atoms with Crippen molar-refractivity contribution in [3.05, 3.63) is 35.7 Å². The molecule has 0 aliphatic rings. The van der Waals surface area contributed by atoms with E-state index in [0.717, 1.165) is 6.07 Å². The van der Waals surface area contributed by atoms with Gasteiger partial charge in [0.15, 0.2) is 11.3 Å². The molecule has 2 aromatic rings. The lowest BCUT2D eigenvalue weighted by Crippen LogP contribution is -2.28. The Kier molecular flexibility index (Phi) is 3.58. The number of alkyl halides is 3. The SMILES string of the molecule is CON(C)C(=O)c1cc2cccnc2nc1C(F)(F)F. The maximum atomic E-state index is 13.0. The number of amides is 1. The molecule has 2 heterocycles. The molecule has 2 aromatic heterocycles. The van der Waals surface area contributed by atoms with E-state index in [1.54, 1.807) is 6.07 Å². The highest BCUT2D eigenvalue weighted by Gasteiger charge is 2.38. The van der Waals surface area contributed by atoms with Crippen LogP contribution in [-0.4, -0.2) is 35.1 Å². The predicted octanol–water partition coefficient (Wildman–Crippen LogP) is 2.28. The van der Waals surface area contributed by atoms with Gasteiger partial charge in [-0.2, -0.15) is 13.2 Å². The van der Waals surface area contributed by atoms with Gasteiger partial charge in [-0.05, 0) is 18.2 Å². The first-order chi connectivity index (χ1) is 9.34. The fourth-order valence-electron chi connectivity index (χ4n) is 1.64. The van der Waals surface area contributed by atoms with Crippen molar-refractivity contribution in [1.82, 2.24) is 15.0 Å². The normalized spacial score (nSPS) is 11.7. The Morgan fingerprint density at radius 1 is 1.40 bits per heavy atom. The number of halogens is 3. The molecule has 0 aliphatic carbocycles. The molecule has 1 amide bonds. The van der Waals surface area contributed by atoms with Gasteiger partial charge in [0.1, 0.15) is 0 Å². The monoisotopic (exact) mass is 285 g/mol. The van der Waals surface area contributed by atoms with Crippen molar-refractivity contribution < 1.29 is 22.8 Å². The molecule has 0 unspecified atom stereocenters. The second kappa shape index (κ2) is 5.04. The Balaban J connectivity index is 2.70. The first-order valence-corrected chi connectivity index (χ1v) is 5.49. The highest BCUT2D eigenvalue weighted by atomic mass is 19.4. The molecule has 0 saturated heterocycles. The van der Waals surface area contributed by atoms with Crippen LogP contribution in [0.1, 0.15) is 16.1 Å². The minimum Gasteiger partial charge on any atom is -0.274 e. The summed E-state index contributed by atoms with van der Waals surface area (Å²) in [6.07, 6.45) is -3.43. The van der Waals surface area contributed by atoms with Gasteiger partial charge in [0, 0.05) is 18.6 Å². The number of hydrogen-bond acceptors (Lipinski definition) is 4. The van der Waals surface area contributed by atoms with Crippen LogP contribution in [-0.2, 0) is 11.0 Å². The van der Waals surface area contributed by atoms with E-state index in [-0.39, 0.29) is 5.65 Å². The second-order valence-electron chi connectivity index (χ2n) is 3.92. The van der Waals surface area contributed by atoms with Crippen LogP contribution in [0.25, 0.3) is 11.0 Å². The molecule has 8 heteroatoms. The van der Waals surface area contributed by atoms with E-state index in [2.05, 4.69) is 14.8 Å². The van der Waals surface area contributed by atoms with Crippen molar-refractivity contribution in [3.63, 3.8) is 0 Å². The fourth-order valence-corrected chi connectivity index (χ4v) is 1.64. The van der Waals surface area contributed by atoms with Crippen molar-refractivity contribution in [2.75, 3.05) is 14.2 Å². The lowest BCUT2D eigenvalue weighted by molar-refractivity contribution is -0.142. The number of pyridine rings is 2. The van der Waals surface area contributed by atoms with E-state index in [9.17, 15) is 18.0 Å². The minimum absolute atomic E-state index is 0.0727. The zero-order valence-corrected chi connectivity index (χ0v) is 10.6. The fraction of sp³-hybridized carbons (Fsp3) is 0.250. The van der Waals surface area contributed by atoms with Crippen LogP contribution in [0.5, 0.6) is 0 Å². The summed E-state index contributed by atoms with van der Waals surface area (Å²) >= 11 is 0. The molecule has 0 N–H and O–H groups in total. The molecule has 0 aromatic carbocycles. The van der Waals surface area contributed by atoms with E-state index in [4.69, 9.17) is 0 Å². The van der Waals surface area contributed by atoms with E-state index in [1.807, 2.05) is 0 Å². The van der Waals surface area contributed by atoms with Crippen LogP contribution in [0, 0.1) is 0 Å². The molecule has 2 rings (SSSR count). The van der Waals surface area contributed by atoms with Gasteiger partial charge in [-0.15, -0.1) is 0 Å². The maximum Gasteiger partial charge on any atom is 0.434 e. The second-order valence-corrected chi connectivity index (χ2v) is 3.92. The molecule has 0 atom stereocenters. The zero-order valence-electron chi connectivity index (χ0n) is 10.6. The van der Waals surface area contributed by atoms with Crippen molar-refractivity contribution in [3.8, 4) is 0 Å². The van der Waals surface area contributed by atoms with Crippen molar-refractivity contribution >= 4 is 16.9 Å². The standard InChI is InChI=1S/C12H10F3N3O2/c1-18(20-2)11(19)8-6-7-4-3-5-16-10(7)17-9(8)12(13,14)15/h3-6H,1-2H3. The number of rotatable bonds is 2. The van der Waals surface area contributed by atoms with Gasteiger partial charge in [0.05, 0.1) is 12.7 Å². The topological polar surface area (TPSA) is 55.3 Å². The number of carbonyl (C=O) groups is 1. The third-order valence-corrected chi connectivity index (χ3v) is 2.65. The average molecular weight is 285 g/mol. The Morgan fingerprint density at radius 3 is 2.70 bits per heavy atom. The van der Waals surface area contributed by atoms with Gasteiger partial charge < -0.3 is 0 Å². The number of nitrogens with zero attached hydrogens (tertiary/aromatic N) is 3. The van der Waals surface area contributed by atoms with Crippen molar-refractivity contribution in [2.45, 2.75) is 6.18 Å². The van der Waals surface area contributed by atoms with Gasteiger partial charge in [-0.1, -0.05) is 0 Å². The number of fused-ring (bicyclic) bond motifs is 1. The summed E-state index contributed by atoms with van der Waals surface area (Å²) in [6.45, 7) is 0. The molecule has 0 radical (unpaired) electrons. The molecule has 0 aliphatic heterocycles. The lowest BCUT2D eigenvalue weighted by atomic mass is 10.1. The summed E-state index contributed by atoms with van der Waals surface area (Å²) in [7, 11) is 2.40. The first-order valence-electron chi connectivity index (χ1n) is 5.49. The van der Waals surface area contributed by atoms with Crippen molar-refractivity contribution in [1.29, 1.82) is 0 Å². The summed E-state index contributed by atoms with van der Waals surface area (Å²) in [5.41, 5.74) is -1.93. The molecular weight excluding hydrogens is 275 g/mol. The number of hydroxylamine groups is 2. The number of carbonyl (C=O) groups excluding carboxylic acids is 1. The molecule has 5 nitrogen and oxygen atoms in total. The van der Waals surface area contributed by atoms with Gasteiger partial charge >= 0.3 is 6.18 Å². The molecular formula is C12H10F3N3O2. The van der Waals surface area contributed by atoms with Crippen LogP contribution >= 0.6 is 0 Å². The Morgan fingerprint density at radius 2 is 2.10 bits per heavy atom. The third-order valence-electron chi connectivity index (χ3n) is 2.65. The Hall–Kier alpha value is -2.22. The average Bonchev–Trinajstić information content (AvgIpc) is 2.43. The summed E-state index contributed by atoms with van der Waals surface area (Å²) in [5, 5.41) is 1.04. The largest absolute Gasteiger partial charge is 0.434 e. The van der Waals surface area contributed by atoms with Crippen LogP contribution in [0.3, 0.4) is 0 Å². The summed E-state index contributed by atoms with van der Waals surface area (Å²) in [5.74, 6) is -0.932. The zero-order chi connectivity index (χ0) is 14.9. The van der Waals surface area contributed by atoms with Gasteiger partial charge in [0.25, 0.3) is 5.91 Å². The molecule has 106 valence electrons. The van der Waals surface area contributed by atoms with E-state index >= 15 is 0 Å². The summed E-state index contributed by atoms with van der Waals surface area (Å²) in [6, 6.07) is 4.18. The third kappa shape index (κ3) is 2.55. The van der Waals surface area contributed by atoms with E-state index in [0.29, 0.717) is 10.4 Å². The minimum atomic E-state index is -4.76. The first kappa shape index (κ1) is 14.2. The number of hydrogen-bond donors (Lipinski definition) is 0. The maximum absolute atomic E-state index is 13.0. The van der Waals surface area contributed by atoms with Crippen LogP contribution in [0.2, 0.25) is 0 Å². The predicted molar refractivity (Wildman–Crippen MR) is 63.6 cm³/mol.